The van der Waals surface area contributed by atoms with Gasteiger partial charge in [-0.05, 0) is 49.3 Å². The van der Waals surface area contributed by atoms with Gasteiger partial charge in [0.1, 0.15) is 0 Å². The highest BCUT2D eigenvalue weighted by atomic mass is 16.3. The molecule has 1 fully saturated rings. The van der Waals surface area contributed by atoms with Crippen molar-refractivity contribution in [2.75, 3.05) is 0 Å². The molecule has 34 heavy (non-hydrogen) atoms. The van der Waals surface area contributed by atoms with Crippen molar-refractivity contribution in [3.8, 4) is 11.1 Å². The zero-order valence-electron chi connectivity index (χ0n) is 20.1. The van der Waals surface area contributed by atoms with E-state index in [1.165, 1.54) is 12.0 Å². The lowest BCUT2D eigenvalue weighted by molar-refractivity contribution is 0.0594. The molecule has 2 aliphatic carbocycles. The van der Waals surface area contributed by atoms with E-state index in [0.29, 0.717) is 5.92 Å². The normalized spacial score (nSPS) is 21.6. The van der Waals surface area contributed by atoms with Gasteiger partial charge in [0.2, 0.25) is 0 Å². The molecule has 0 radical (unpaired) electrons. The Morgan fingerprint density at radius 1 is 1.09 bits per heavy atom. The lowest BCUT2D eigenvalue weighted by Crippen LogP contribution is -2.29. The van der Waals surface area contributed by atoms with E-state index < -0.39 is 0 Å². The molecule has 3 aromatic heterocycles. The van der Waals surface area contributed by atoms with E-state index in [9.17, 15) is 5.11 Å². The Morgan fingerprint density at radius 3 is 2.53 bits per heavy atom. The largest absolute Gasteiger partial charge is 0.393 e. The molecule has 0 bridgehead atoms. The van der Waals surface area contributed by atoms with Gasteiger partial charge in [-0.25, -0.2) is 9.97 Å². The van der Waals surface area contributed by atoms with Crippen molar-refractivity contribution in [3.05, 3.63) is 83.9 Å². The molecule has 1 atom stereocenters. The third-order valence-electron chi connectivity index (χ3n) is 6.56. The molecule has 3 heterocycles. The number of aryl methyl sites for hydroxylation is 1. The number of aromatic nitrogens is 4. The van der Waals surface area contributed by atoms with Gasteiger partial charge in [0.05, 0.1) is 17.5 Å². The standard InChI is InChI=1S/C26H24N4O.C3H8/c1-16-11-24-27-15-21-14-23(18-5-3-2-4-6-18)25(28-26(21)30(24)29-16)19-9-7-17(8-10-19)20-12-22(31)13-20;1-3-2/h2-9,11,14-15,19-20,22,31H,10,12-13H2,1H3;3H2,1-2H3. The van der Waals surface area contributed by atoms with E-state index in [1.54, 1.807) is 0 Å². The van der Waals surface area contributed by atoms with Crippen molar-refractivity contribution in [1.82, 2.24) is 19.6 Å². The number of hydrogen-bond acceptors (Lipinski definition) is 4. The Kier molecular flexibility index (Phi) is 6.29. The lowest BCUT2D eigenvalue weighted by Gasteiger charge is -2.34. The molecule has 1 saturated carbocycles. The summed E-state index contributed by atoms with van der Waals surface area (Å²) in [6.45, 7) is 6.23. The first-order chi connectivity index (χ1) is 16.6. The maximum atomic E-state index is 9.66. The van der Waals surface area contributed by atoms with Gasteiger partial charge in [0, 0.05) is 29.1 Å². The highest BCUT2D eigenvalue weighted by Gasteiger charge is 2.30. The molecular formula is C29H32N4O. The molecule has 174 valence electrons. The molecular weight excluding hydrogens is 420 g/mol. The van der Waals surface area contributed by atoms with Crippen LogP contribution in [0.3, 0.4) is 0 Å². The number of benzene rings is 1. The second-order valence-corrected chi connectivity index (χ2v) is 9.45. The number of aliphatic hydroxyl groups excluding tert-OH is 1. The van der Waals surface area contributed by atoms with E-state index in [-0.39, 0.29) is 12.0 Å². The third kappa shape index (κ3) is 4.28. The quantitative estimate of drug-likeness (QED) is 0.390. The molecule has 0 saturated heterocycles. The number of hydrogen-bond donors (Lipinski definition) is 1. The zero-order chi connectivity index (χ0) is 23.7. The molecule has 6 rings (SSSR count). The molecule has 1 N–H and O–H groups in total. The Hall–Kier alpha value is -3.31. The summed E-state index contributed by atoms with van der Waals surface area (Å²) in [5.74, 6) is 0.705. The van der Waals surface area contributed by atoms with Gasteiger partial charge in [-0.1, -0.05) is 68.8 Å². The number of allylic oxidation sites excluding steroid dienone is 4. The van der Waals surface area contributed by atoms with Crippen LogP contribution in [0.4, 0.5) is 0 Å². The Bertz CT molecular complexity index is 1360. The summed E-state index contributed by atoms with van der Waals surface area (Å²) < 4.78 is 1.85. The van der Waals surface area contributed by atoms with Crippen molar-refractivity contribution < 1.29 is 5.11 Å². The van der Waals surface area contributed by atoms with Gasteiger partial charge in [-0.15, -0.1) is 0 Å². The molecule has 5 nitrogen and oxygen atoms in total. The molecule has 0 aliphatic heterocycles. The molecule has 1 unspecified atom stereocenters. The maximum absolute atomic E-state index is 9.66. The lowest BCUT2D eigenvalue weighted by atomic mass is 9.74. The summed E-state index contributed by atoms with van der Waals surface area (Å²) in [4.78, 5) is 9.75. The molecule has 4 aromatic rings. The fourth-order valence-electron chi connectivity index (χ4n) is 4.80. The first kappa shape index (κ1) is 22.5. The van der Waals surface area contributed by atoms with Crippen LogP contribution in [0.1, 0.15) is 56.8 Å². The summed E-state index contributed by atoms with van der Waals surface area (Å²) in [7, 11) is 0. The van der Waals surface area contributed by atoms with Gasteiger partial charge in [0.25, 0.3) is 0 Å². The fourth-order valence-corrected chi connectivity index (χ4v) is 4.80. The first-order valence-corrected chi connectivity index (χ1v) is 12.3. The van der Waals surface area contributed by atoms with E-state index in [2.05, 4.69) is 72.5 Å². The second kappa shape index (κ2) is 9.51. The Labute approximate surface area is 200 Å². The summed E-state index contributed by atoms with van der Waals surface area (Å²) in [6.07, 6.45) is 12.6. The first-order valence-electron chi connectivity index (χ1n) is 12.3. The minimum absolute atomic E-state index is 0.127. The SMILES string of the molecule is CCC.Cc1cc2ncc3cc(-c4ccccc4)c(C4C=CC(C5CC(O)C5)=CC4)nc3n2n1. The van der Waals surface area contributed by atoms with Crippen LogP contribution < -0.4 is 0 Å². The third-order valence-corrected chi connectivity index (χ3v) is 6.56. The van der Waals surface area contributed by atoms with Crippen LogP contribution in [-0.2, 0) is 0 Å². The van der Waals surface area contributed by atoms with Crippen molar-refractivity contribution in [1.29, 1.82) is 0 Å². The molecule has 0 amide bonds. The Morgan fingerprint density at radius 2 is 1.85 bits per heavy atom. The van der Waals surface area contributed by atoms with E-state index in [0.717, 1.165) is 58.5 Å². The van der Waals surface area contributed by atoms with Gasteiger partial charge < -0.3 is 5.11 Å². The number of aliphatic hydroxyl groups is 1. The summed E-state index contributed by atoms with van der Waals surface area (Å²) in [5.41, 5.74) is 7.33. The van der Waals surface area contributed by atoms with Crippen LogP contribution >= 0.6 is 0 Å². The molecule has 2 aliphatic rings. The van der Waals surface area contributed by atoms with Crippen LogP contribution in [0.5, 0.6) is 0 Å². The highest BCUT2D eigenvalue weighted by molar-refractivity contribution is 5.84. The predicted molar refractivity (Wildman–Crippen MR) is 138 cm³/mol. The van der Waals surface area contributed by atoms with Gasteiger partial charge >= 0.3 is 0 Å². The van der Waals surface area contributed by atoms with E-state index in [4.69, 9.17) is 4.98 Å². The fraction of sp³-hybridized carbons (Fsp3) is 0.345. The molecule has 1 aromatic carbocycles. The van der Waals surface area contributed by atoms with E-state index >= 15 is 0 Å². The average molecular weight is 453 g/mol. The zero-order valence-corrected chi connectivity index (χ0v) is 20.1. The van der Waals surface area contributed by atoms with Gasteiger partial charge in [-0.2, -0.15) is 9.61 Å². The second-order valence-electron chi connectivity index (χ2n) is 9.45. The van der Waals surface area contributed by atoms with Gasteiger partial charge in [-0.3, -0.25) is 0 Å². The van der Waals surface area contributed by atoms with Crippen molar-refractivity contribution in [2.24, 2.45) is 5.92 Å². The monoisotopic (exact) mass is 452 g/mol. The topological polar surface area (TPSA) is 63.3 Å². The summed E-state index contributed by atoms with van der Waals surface area (Å²) in [6, 6.07) is 14.6. The van der Waals surface area contributed by atoms with Crippen LogP contribution in [0.2, 0.25) is 0 Å². The predicted octanol–water partition coefficient (Wildman–Crippen LogP) is 6.41. The highest BCUT2D eigenvalue weighted by Crippen LogP contribution is 2.40. The molecule has 5 heteroatoms. The summed E-state index contributed by atoms with van der Waals surface area (Å²) >= 11 is 0. The van der Waals surface area contributed by atoms with Crippen LogP contribution in [0.25, 0.3) is 27.8 Å². The smallest absolute Gasteiger partial charge is 0.164 e. The number of nitrogens with zero attached hydrogens (tertiary/aromatic N) is 4. The summed E-state index contributed by atoms with van der Waals surface area (Å²) in [5, 5.41) is 15.3. The van der Waals surface area contributed by atoms with Crippen LogP contribution in [-0.4, -0.2) is 30.8 Å². The maximum Gasteiger partial charge on any atom is 0.164 e. The average Bonchev–Trinajstić information content (AvgIpc) is 3.23. The van der Waals surface area contributed by atoms with Crippen molar-refractivity contribution in [3.63, 3.8) is 0 Å². The van der Waals surface area contributed by atoms with Crippen LogP contribution in [0.15, 0.2) is 72.5 Å². The minimum Gasteiger partial charge on any atom is -0.393 e. The Balaban J connectivity index is 0.000000764. The number of rotatable bonds is 3. The van der Waals surface area contributed by atoms with Crippen molar-refractivity contribution in [2.45, 2.75) is 58.5 Å². The molecule has 0 spiro atoms. The minimum atomic E-state index is -0.127. The van der Waals surface area contributed by atoms with E-state index in [1.807, 2.05) is 29.8 Å². The number of fused-ring (bicyclic) bond motifs is 3. The van der Waals surface area contributed by atoms with Gasteiger partial charge in [0.15, 0.2) is 11.3 Å². The number of pyridine rings is 1. The van der Waals surface area contributed by atoms with Crippen molar-refractivity contribution >= 4 is 16.7 Å². The van der Waals surface area contributed by atoms with Crippen LogP contribution in [0, 0.1) is 12.8 Å².